The highest BCUT2D eigenvalue weighted by molar-refractivity contribution is 8.05. The van der Waals surface area contributed by atoms with E-state index in [2.05, 4.69) is 29.0 Å². The van der Waals surface area contributed by atoms with Crippen LogP contribution in [0, 0.1) is 0 Å². The summed E-state index contributed by atoms with van der Waals surface area (Å²) in [5.74, 6) is 1.79. The maximum absolute atomic E-state index is 12.8. The second-order valence-electron chi connectivity index (χ2n) is 6.66. The average Bonchev–Trinajstić information content (AvgIpc) is 3.26. The lowest BCUT2D eigenvalue weighted by molar-refractivity contribution is -0.127. The summed E-state index contributed by atoms with van der Waals surface area (Å²) >= 11 is 1.63. The number of amides is 1. The minimum atomic E-state index is 0.106. The van der Waals surface area contributed by atoms with Gasteiger partial charge in [0.25, 0.3) is 5.91 Å². The number of nitrogens with zero attached hydrogens (tertiary/aromatic N) is 2. The summed E-state index contributed by atoms with van der Waals surface area (Å²) in [4.78, 5) is 17.9. The average molecular weight is 347 g/mol. The monoisotopic (exact) mass is 347 g/mol. The minimum absolute atomic E-state index is 0.106. The van der Waals surface area contributed by atoms with Crippen molar-refractivity contribution in [1.82, 2.24) is 10.2 Å². The molecule has 3 fully saturated rings. The molecule has 0 radical (unpaired) electrons. The number of fused-ring (bicyclic) bond motifs is 3. The summed E-state index contributed by atoms with van der Waals surface area (Å²) in [6.07, 6.45) is 6.72. The van der Waals surface area contributed by atoms with Crippen LogP contribution in [0.5, 0.6) is 0 Å². The van der Waals surface area contributed by atoms with Gasteiger partial charge in [0, 0.05) is 37.3 Å². The predicted molar refractivity (Wildman–Crippen MR) is 97.7 cm³/mol. The molecular formula is C18H25N3O2S. The Morgan fingerprint density at radius 3 is 2.92 bits per heavy atom. The van der Waals surface area contributed by atoms with Gasteiger partial charge in [-0.1, -0.05) is 24.6 Å². The minimum Gasteiger partial charge on any atom is -0.441 e. The summed E-state index contributed by atoms with van der Waals surface area (Å²) in [5, 5.41) is 3.63. The molecule has 2 saturated heterocycles. The van der Waals surface area contributed by atoms with E-state index >= 15 is 0 Å². The van der Waals surface area contributed by atoms with Crippen molar-refractivity contribution < 1.29 is 9.21 Å². The van der Waals surface area contributed by atoms with E-state index in [1.165, 1.54) is 19.3 Å². The van der Waals surface area contributed by atoms with E-state index in [4.69, 9.17) is 4.42 Å². The molecule has 0 aromatic carbocycles. The zero-order chi connectivity index (χ0) is 16.7. The maximum Gasteiger partial charge on any atom is 0.262 e. The molecule has 3 aliphatic rings. The van der Waals surface area contributed by atoms with Crippen LogP contribution in [0.3, 0.4) is 0 Å². The van der Waals surface area contributed by atoms with Gasteiger partial charge in [-0.25, -0.2) is 0 Å². The van der Waals surface area contributed by atoms with Crippen molar-refractivity contribution in [2.75, 3.05) is 18.0 Å². The third kappa shape index (κ3) is 2.65. The number of furan rings is 1. The number of anilines is 1. The molecule has 0 bridgehead atoms. The van der Waals surface area contributed by atoms with Gasteiger partial charge in [0.2, 0.25) is 0 Å². The van der Waals surface area contributed by atoms with E-state index in [-0.39, 0.29) is 11.4 Å². The molecule has 5 nitrogen and oxygen atoms in total. The summed E-state index contributed by atoms with van der Waals surface area (Å²) < 4.78 is 5.91. The Bertz CT molecular complexity index is 652. The van der Waals surface area contributed by atoms with E-state index < -0.39 is 0 Å². The SMILES string of the molecule is CCN(CC)c1ccc(C=C2SC3NC4CCCCC4N3C2=O)o1. The summed E-state index contributed by atoms with van der Waals surface area (Å²) in [5.41, 5.74) is 0.106. The van der Waals surface area contributed by atoms with Crippen LogP contribution in [-0.2, 0) is 4.79 Å². The molecule has 130 valence electrons. The second kappa shape index (κ2) is 6.48. The predicted octanol–water partition coefficient (Wildman–Crippen LogP) is 3.24. The van der Waals surface area contributed by atoms with Crippen molar-refractivity contribution in [3.8, 4) is 0 Å². The Kier molecular flexibility index (Phi) is 4.35. The molecule has 24 heavy (non-hydrogen) atoms. The maximum atomic E-state index is 12.8. The molecule has 3 atom stereocenters. The van der Waals surface area contributed by atoms with E-state index in [0.717, 1.165) is 36.1 Å². The van der Waals surface area contributed by atoms with Crippen molar-refractivity contribution in [2.45, 2.75) is 57.1 Å². The highest BCUT2D eigenvalue weighted by atomic mass is 32.2. The Morgan fingerprint density at radius 2 is 2.12 bits per heavy atom. The van der Waals surface area contributed by atoms with Crippen LogP contribution in [-0.4, -0.2) is 41.5 Å². The summed E-state index contributed by atoms with van der Waals surface area (Å²) in [7, 11) is 0. The first-order chi connectivity index (χ1) is 11.7. The van der Waals surface area contributed by atoms with Crippen LogP contribution in [0.2, 0.25) is 0 Å². The van der Waals surface area contributed by atoms with E-state index in [9.17, 15) is 4.79 Å². The summed E-state index contributed by atoms with van der Waals surface area (Å²) in [6.45, 7) is 6.05. The van der Waals surface area contributed by atoms with E-state index in [1.54, 1.807) is 11.8 Å². The molecule has 1 saturated carbocycles. The van der Waals surface area contributed by atoms with Gasteiger partial charge in [-0.2, -0.15) is 0 Å². The zero-order valence-corrected chi connectivity index (χ0v) is 15.1. The van der Waals surface area contributed by atoms with Crippen LogP contribution < -0.4 is 10.2 Å². The number of hydrogen-bond donors (Lipinski definition) is 1. The highest BCUT2D eigenvalue weighted by Crippen LogP contribution is 2.43. The molecule has 6 heteroatoms. The number of carbonyl (C=O) groups excluding carboxylic acids is 1. The molecule has 1 amide bonds. The van der Waals surface area contributed by atoms with Gasteiger partial charge in [-0.05, 0) is 32.8 Å². The molecule has 3 heterocycles. The van der Waals surface area contributed by atoms with Gasteiger partial charge >= 0.3 is 0 Å². The molecule has 4 rings (SSSR count). The van der Waals surface area contributed by atoms with Crippen LogP contribution in [0.15, 0.2) is 21.5 Å². The second-order valence-corrected chi connectivity index (χ2v) is 7.79. The molecule has 1 aromatic rings. The molecule has 3 unspecified atom stereocenters. The van der Waals surface area contributed by atoms with Crippen molar-refractivity contribution in [3.05, 3.63) is 22.8 Å². The number of rotatable bonds is 4. The first-order valence-electron chi connectivity index (χ1n) is 9.03. The lowest BCUT2D eigenvalue weighted by Crippen LogP contribution is -2.40. The number of hydrogen-bond acceptors (Lipinski definition) is 5. The highest BCUT2D eigenvalue weighted by Gasteiger charge is 2.49. The van der Waals surface area contributed by atoms with Crippen molar-refractivity contribution in [1.29, 1.82) is 0 Å². The van der Waals surface area contributed by atoms with E-state index in [0.29, 0.717) is 12.1 Å². The summed E-state index contributed by atoms with van der Waals surface area (Å²) in [6, 6.07) is 4.80. The topological polar surface area (TPSA) is 48.7 Å². The van der Waals surface area contributed by atoms with Crippen molar-refractivity contribution in [2.24, 2.45) is 0 Å². The molecule has 1 aromatic heterocycles. The van der Waals surface area contributed by atoms with Gasteiger partial charge < -0.3 is 14.2 Å². The molecular weight excluding hydrogens is 322 g/mol. The van der Waals surface area contributed by atoms with Gasteiger partial charge in [-0.3, -0.25) is 10.1 Å². The van der Waals surface area contributed by atoms with E-state index in [1.807, 2.05) is 18.2 Å². The quantitative estimate of drug-likeness (QED) is 0.848. The largest absolute Gasteiger partial charge is 0.441 e. The third-order valence-corrected chi connectivity index (χ3v) is 6.47. The van der Waals surface area contributed by atoms with Gasteiger partial charge in [0.05, 0.1) is 4.91 Å². The van der Waals surface area contributed by atoms with Crippen LogP contribution in [0.4, 0.5) is 5.88 Å². The standard InChI is InChI=1S/C18H25N3O2S/c1-3-20(4-2)16-10-9-12(23-16)11-15-17(22)21-14-8-6-5-7-13(14)19-18(21)24-15/h9-11,13-14,18-19H,3-8H2,1-2H3. The zero-order valence-electron chi connectivity index (χ0n) is 14.3. The molecule has 0 spiro atoms. The van der Waals surface area contributed by atoms with Gasteiger partial charge in [0.15, 0.2) is 5.88 Å². The lowest BCUT2D eigenvalue weighted by Gasteiger charge is -2.29. The fourth-order valence-electron chi connectivity index (χ4n) is 4.07. The Labute approximate surface area is 147 Å². The van der Waals surface area contributed by atoms with Crippen LogP contribution in [0.1, 0.15) is 45.3 Å². The van der Waals surface area contributed by atoms with Crippen molar-refractivity contribution in [3.63, 3.8) is 0 Å². The van der Waals surface area contributed by atoms with Crippen LogP contribution in [0.25, 0.3) is 6.08 Å². The van der Waals surface area contributed by atoms with Gasteiger partial charge in [0.1, 0.15) is 11.3 Å². The smallest absolute Gasteiger partial charge is 0.262 e. The number of nitrogens with one attached hydrogen (secondary N) is 1. The molecule has 1 N–H and O–H groups in total. The van der Waals surface area contributed by atoms with Crippen LogP contribution >= 0.6 is 11.8 Å². The normalized spacial score (nSPS) is 30.8. The van der Waals surface area contributed by atoms with Crippen molar-refractivity contribution >= 4 is 29.6 Å². The lowest BCUT2D eigenvalue weighted by atomic mass is 9.91. The fraction of sp³-hybridized carbons (Fsp3) is 0.611. The Hall–Kier alpha value is -1.40. The number of thioether (sulfide) groups is 1. The van der Waals surface area contributed by atoms with Gasteiger partial charge in [-0.15, -0.1) is 0 Å². The fourth-order valence-corrected chi connectivity index (χ4v) is 5.31. The third-order valence-electron chi connectivity index (χ3n) is 5.34. The molecule has 1 aliphatic carbocycles. The first kappa shape index (κ1) is 16.1. The number of carbonyl (C=O) groups is 1. The Morgan fingerprint density at radius 1 is 1.33 bits per heavy atom. The Balaban J connectivity index is 1.52. The first-order valence-corrected chi connectivity index (χ1v) is 9.91. The molecule has 2 aliphatic heterocycles.